The van der Waals surface area contributed by atoms with Crippen molar-refractivity contribution in [3.05, 3.63) is 53.6 Å². The first kappa shape index (κ1) is 12.3. The van der Waals surface area contributed by atoms with E-state index in [-0.39, 0.29) is 0 Å². The molecule has 0 aliphatic rings. The van der Waals surface area contributed by atoms with Crippen molar-refractivity contribution in [3.63, 3.8) is 0 Å². The molecule has 3 heteroatoms. The molecule has 0 spiro atoms. The highest BCUT2D eigenvalue weighted by Crippen LogP contribution is 2.23. The Morgan fingerprint density at radius 1 is 1.11 bits per heavy atom. The van der Waals surface area contributed by atoms with Gasteiger partial charge in [-0.05, 0) is 42.3 Å². The zero-order valence-corrected chi connectivity index (χ0v) is 10.6. The Balaban J connectivity index is 2.06. The molecule has 3 nitrogen and oxygen atoms in total. The molecule has 0 bridgehead atoms. The van der Waals surface area contributed by atoms with Crippen molar-refractivity contribution in [2.45, 2.75) is 13.5 Å². The molecule has 94 valence electrons. The Morgan fingerprint density at radius 3 is 2.67 bits per heavy atom. The molecule has 0 fully saturated rings. The molecular formula is C15H17NO2. The fourth-order valence-corrected chi connectivity index (χ4v) is 1.72. The Kier molecular flexibility index (Phi) is 3.72. The second kappa shape index (κ2) is 5.45. The molecule has 2 aromatic carbocycles. The third kappa shape index (κ3) is 2.94. The third-order valence-electron chi connectivity index (χ3n) is 2.69. The number of nitrogens with two attached hydrogens (primary N) is 1. The van der Waals surface area contributed by atoms with Crippen LogP contribution in [-0.4, -0.2) is 7.11 Å². The molecule has 2 N–H and O–H groups in total. The number of nitrogen functional groups attached to an aromatic ring is 1. The largest absolute Gasteiger partial charge is 0.495 e. The summed E-state index contributed by atoms with van der Waals surface area (Å²) in [6.07, 6.45) is 0. The van der Waals surface area contributed by atoms with Gasteiger partial charge in [0.1, 0.15) is 18.1 Å². The van der Waals surface area contributed by atoms with Crippen LogP contribution in [0.15, 0.2) is 42.5 Å². The molecule has 0 aliphatic heterocycles. The van der Waals surface area contributed by atoms with Gasteiger partial charge in [-0.15, -0.1) is 0 Å². The summed E-state index contributed by atoms with van der Waals surface area (Å²) >= 11 is 0. The van der Waals surface area contributed by atoms with Crippen molar-refractivity contribution in [2.75, 3.05) is 12.8 Å². The monoisotopic (exact) mass is 243 g/mol. The SMILES string of the molecule is COc1cc(COc2cccc(C)c2)ccc1N. The maximum Gasteiger partial charge on any atom is 0.142 e. The maximum absolute atomic E-state index is 5.76. The average molecular weight is 243 g/mol. The van der Waals surface area contributed by atoms with Crippen LogP contribution in [0, 0.1) is 6.92 Å². The lowest BCUT2D eigenvalue weighted by Gasteiger charge is -2.09. The van der Waals surface area contributed by atoms with Crippen LogP contribution < -0.4 is 15.2 Å². The lowest BCUT2D eigenvalue weighted by atomic mass is 10.2. The van der Waals surface area contributed by atoms with E-state index in [0.29, 0.717) is 18.0 Å². The van der Waals surface area contributed by atoms with Crippen molar-refractivity contribution < 1.29 is 9.47 Å². The van der Waals surface area contributed by atoms with E-state index in [1.54, 1.807) is 7.11 Å². The van der Waals surface area contributed by atoms with Gasteiger partial charge in [0.25, 0.3) is 0 Å². The smallest absolute Gasteiger partial charge is 0.142 e. The van der Waals surface area contributed by atoms with Crippen molar-refractivity contribution >= 4 is 5.69 Å². The molecule has 0 unspecified atom stereocenters. The van der Waals surface area contributed by atoms with Gasteiger partial charge in [-0.1, -0.05) is 18.2 Å². The normalized spacial score (nSPS) is 10.1. The summed E-state index contributed by atoms with van der Waals surface area (Å²) in [6.45, 7) is 2.54. The lowest BCUT2D eigenvalue weighted by Crippen LogP contribution is -1.98. The summed E-state index contributed by atoms with van der Waals surface area (Å²) in [4.78, 5) is 0. The minimum Gasteiger partial charge on any atom is -0.495 e. The Hall–Kier alpha value is -2.16. The molecule has 0 radical (unpaired) electrons. The zero-order valence-electron chi connectivity index (χ0n) is 10.6. The number of ether oxygens (including phenoxy) is 2. The first-order valence-corrected chi connectivity index (χ1v) is 5.81. The molecule has 18 heavy (non-hydrogen) atoms. The molecule has 2 aromatic rings. The van der Waals surface area contributed by atoms with Crippen LogP contribution in [0.4, 0.5) is 5.69 Å². The first-order chi connectivity index (χ1) is 8.69. The van der Waals surface area contributed by atoms with Gasteiger partial charge in [0.05, 0.1) is 12.8 Å². The predicted octanol–water partition coefficient (Wildman–Crippen LogP) is 3.16. The molecule has 0 heterocycles. The zero-order chi connectivity index (χ0) is 13.0. The fraction of sp³-hybridized carbons (Fsp3) is 0.200. The van der Waals surface area contributed by atoms with Crippen molar-refractivity contribution in [1.29, 1.82) is 0 Å². The molecule has 0 saturated carbocycles. The van der Waals surface area contributed by atoms with Crippen molar-refractivity contribution in [3.8, 4) is 11.5 Å². The summed E-state index contributed by atoms with van der Waals surface area (Å²) in [7, 11) is 1.61. The Morgan fingerprint density at radius 2 is 1.94 bits per heavy atom. The highest BCUT2D eigenvalue weighted by Gasteiger charge is 2.02. The molecule has 0 aromatic heterocycles. The summed E-state index contributed by atoms with van der Waals surface area (Å²) < 4.78 is 10.9. The molecule has 0 saturated heterocycles. The van der Waals surface area contributed by atoms with E-state index < -0.39 is 0 Å². The van der Waals surface area contributed by atoms with Crippen LogP contribution in [-0.2, 0) is 6.61 Å². The second-order valence-corrected chi connectivity index (χ2v) is 4.18. The average Bonchev–Trinajstić information content (AvgIpc) is 2.38. The minimum absolute atomic E-state index is 0.500. The summed E-state index contributed by atoms with van der Waals surface area (Å²) in [6, 6.07) is 13.6. The number of anilines is 1. The standard InChI is InChI=1S/C15H17NO2/c1-11-4-3-5-13(8-11)18-10-12-6-7-14(16)15(9-12)17-2/h3-9H,10,16H2,1-2H3. The van der Waals surface area contributed by atoms with Gasteiger partial charge in [0, 0.05) is 0 Å². The molecule has 0 aliphatic carbocycles. The predicted molar refractivity (Wildman–Crippen MR) is 72.9 cm³/mol. The molecule has 2 rings (SSSR count). The molecule has 0 atom stereocenters. The third-order valence-corrected chi connectivity index (χ3v) is 2.69. The quantitative estimate of drug-likeness (QED) is 0.839. The number of methoxy groups -OCH3 is 1. The van der Waals surface area contributed by atoms with E-state index >= 15 is 0 Å². The van der Waals surface area contributed by atoms with Crippen LogP contribution in [0.5, 0.6) is 11.5 Å². The summed E-state index contributed by atoms with van der Waals surface area (Å²) in [5.41, 5.74) is 8.61. The number of rotatable bonds is 4. The highest BCUT2D eigenvalue weighted by atomic mass is 16.5. The Bertz CT molecular complexity index is 538. The van der Waals surface area contributed by atoms with Gasteiger partial charge in [0.15, 0.2) is 0 Å². The maximum atomic E-state index is 5.76. The van der Waals surface area contributed by atoms with Crippen LogP contribution in [0.2, 0.25) is 0 Å². The lowest BCUT2D eigenvalue weighted by molar-refractivity contribution is 0.305. The number of hydrogen-bond donors (Lipinski definition) is 1. The van der Waals surface area contributed by atoms with Gasteiger partial charge < -0.3 is 15.2 Å². The van der Waals surface area contributed by atoms with Gasteiger partial charge in [-0.25, -0.2) is 0 Å². The van der Waals surface area contributed by atoms with Crippen LogP contribution >= 0.6 is 0 Å². The van der Waals surface area contributed by atoms with E-state index in [9.17, 15) is 0 Å². The number of benzene rings is 2. The topological polar surface area (TPSA) is 44.5 Å². The van der Waals surface area contributed by atoms with Crippen LogP contribution in [0.3, 0.4) is 0 Å². The number of hydrogen-bond acceptors (Lipinski definition) is 3. The van der Waals surface area contributed by atoms with Gasteiger partial charge in [0.2, 0.25) is 0 Å². The first-order valence-electron chi connectivity index (χ1n) is 5.81. The second-order valence-electron chi connectivity index (χ2n) is 4.18. The number of aryl methyl sites for hydroxylation is 1. The van der Waals surface area contributed by atoms with Crippen LogP contribution in [0.25, 0.3) is 0 Å². The van der Waals surface area contributed by atoms with E-state index in [4.69, 9.17) is 15.2 Å². The highest BCUT2D eigenvalue weighted by molar-refractivity contribution is 5.53. The van der Waals surface area contributed by atoms with E-state index in [0.717, 1.165) is 11.3 Å². The van der Waals surface area contributed by atoms with Crippen molar-refractivity contribution in [2.24, 2.45) is 0 Å². The summed E-state index contributed by atoms with van der Waals surface area (Å²) in [5.74, 6) is 1.55. The van der Waals surface area contributed by atoms with Gasteiger partial charge in [-0.2, -0.15) is 0 Å². The van der Waals surface area contributed by atoms with Gasteiger partial charge >= 0.3 is 0 Å². The van der Waals surface area contributed by atoms with Gasteiger partial charge in [-0.3, -0.25) is 0 Å². The molecule has 0 amide bonds. The summed E-state index contributed by atoms with van der Waals surface area (Å²) in [5, 5.41) is 0. The minimum atomic E-state index is 0.500. The van der Waals surface area contributed by atoms with Crippen LogP contribution in [0.1, 0.15) is 11.1 Å². The van der Waals surface area contributed by atoms with E-state index in [2.05, 4.69) is 0 Å². The Labute approximate surface area is 107 Å². The fourth-order valence-electron chi connectivity index (χ4n) is 1.72. The van der Waals surface area contributed by atoms with E-state index in [1.807, 2.05) is 49.4 Å². The molecular weight excluding hydrogens is 226 g/mol. The van der Waals surface area contributed by atoms with E-state index in [1.165, 1.54) is 5.56 Å². The van der Waals surface area contributed by atoms with Crippen molar-refractivity contribution in [1.82, 2.24) is 0 Å².